The number of ether oxygens (including phenoxy) is 5. The van der Waals surface area contributed by atoms with E-state index in [4.69, 9.17) is 29.5 Å². The maximum atomic E-state index is 14.1. The van der Waals surface area contributed by atoms with Gasteiger partial charge in [-0.1, -0.05) is 273 Å². The van der Waals surface area contributed by atoms with E-state index in [0.29, 0.717) is 28.8 Å². The first-order chi connectivity index (χ1) is 67.0. The van der Waals surface area contributed by atoms with E-state index in [1.807, 2.05) is 273 Å². The first-order valence-corrected chi connectivity index (χ1v) is 44.8. The van der Waals surface area contributed by atoms with Crippen LogP contribution in [0.25, 0.3) is 32.3 Å². The molecule has 7 atom stereocenters. The van der Waals surface area contributed by atoms with E-state index in [2.05, 4.69) is 64.0 Å². The average molecular weight is 1870 g/mol. The molecule has 0 heterocycles. The molecule has 10 amide bonds. The van der Waals surface area contributed by atoms with Gasteiger partial charge in [0, 0.05) is 55.1 Å². The number of rotatable bonds is 44. The molecule has 13 N–H and O–H groups in total. The Morgan fingerprint density at radius 3 is 1.05 bits per heavy atom. The minimum Gasteiger partial charge on any atom is -0.493 e. The standard InChI is InChI=1S/C44H48N6O9.C33H34N4O4.C30H30N4O4/c1-29(35-25-39(57-3)40(26-38(35)50(55)56)59-22-12-19-41(51)45-2)48-49-44(54)37(28-58-27-31-15-8-5-9-16-31)47-43(53)36(23-30-13-6-4-7-14-30)46-42(52)34-21-20-32-17-10-11-18-33(32)24-34;1-23(2)36-37-33(40)30(22-41-21-25-13-7-4-8-14-25)35-32(39)29(19-24-11-5-3-6-12-24)34-31(38)28-18-17-26-15-9-10-16-27(26)20-28;31-34-30(37)27(20-38-19-22-11-5-2-6-12-22)33-29(36)26(17-21-9-3-1-4-10-21)32-28(35)25-16-15-23-13-7-8-14-24(23)18-25/h4-11,13-18,20-21,24-26,29,36-37,48H,12,19,22-23,27-28H2,1-3H3,(H,45,51)(H,46,52)(H,47,53)(H,49,54);3-18,20,29-30H,19,21-22H2,1-2H3,(H,34,38)(H,35,39)(H,37,40);1-16,18,26-27H,17,19-20,31H2,(H,32,35)(H,33,36)(H,34,37)/t29?,36-,37-;29-,30-;26-,27-/m000/s1. The number of carbonyl (C=O) groups excluding carboxylic acids is 10. The maximum Gasteiger partial charge on any atom is 0.278 e. The molecule has 0 spiro atoms. The van der Waals surface area contributed by atoms with E-state index in [-0.39, 0.29) is 106 Å². The van der Waals surface area contributed by atoms with Crippen LogP contribution in [0.15, 0.2) is 327 Å². The Bertz CT molecular complexity index is 6290. The normalized spacial score (nSPS) is 12.3. The molecule has 138 heavy (non-hydrogen) atoms. The van der Waals surface area contributed by atoms with Crippen molar-refractivity contribution in [3.8, 4) is 11.5 Å². The number of hydrogen-bond donors (Lipinski definition) is 12. The molecule has 13 aromatic carbocycles. The highest BCUT2D eigenvalue weighted by Gasteiger charge is 2.33. The Balaban J connectivity index is 0.000000205. The number of nitrogens with two attached hydrogens (primary N) is 1. The fourth-order valence-electron chi connectivity index (χ4n) is 14.4. The van der Waals surface area contributed by atoms with Crippen molar-refractivity contribution < 1.29 is 76.6 Å². The van der Waals surface area contributed by atoms with E-state index in [1.165, 1.54) is 26.3 Å². The molecule has 0 bridgehead atoms. The van der Waals surface area contributed by atoms with Crippen LogP contribution >= 0.6 is 0 Å². The highest BCUT2D eigenvalue weighted by atomic mass is 16.6. The first-order valence-electron chi connectivity index (χ1n) is 44.8. The van der Waals surface area contributed by atoms with Gasteiger partial charge in [-0.25, -0.2) is 16.7 Å². The van der Waals surface area contributed by atoms with Crippen molar-refractivity contribution in [2.75, 3.05) is 40.6 Å². The lowest BCUT2D eigenvalue weighted by molar-refractivity contribution is -0.385. The van der Waals surface area contributed by atoms with Crippen LogP contribution in [0, 0.1) is 10.1 Å². The summed E-state index contributed by atoms with van der Waals surface area (Å²) in [4.78, 5) is 144. The predicted molar refractivity (Wildman–Crippen MR) is 528 cm³/mol. The van der Waals surface area contributed by atoms with Gasteiger partial charge in [0.05, 0.1) is 76.0 Å². The molecule has 13 aromatic rings. The second-order valence-corrected chi connectivity index (χ2v) is 32.4. The Hall–Kier alpha value is -16.2. The topological polar surface area (TPSA) is 431 Å². The third-order valence-electron chi connectivity index (χ3n) is 21.8. The second-order valence-electron chi connectivity index (χ2n) is 32.4. The van der Waals surface area contributed by atoms with Gasteiger partial charge < -0.3 is 60.9 Å². The summed E-state index contributed by atoms with van der Waals surface area (Å²) in [6.07, 6.45) is 1.18. The fourth-order valence-corrected chi connectivity index (χ4v) is 14.4. The number of carbonyl (C=O) groups is 10. The van der Waals surface area contributed by atoms with Gasteiger partial charge in [0.15, 0.2) is 11.5 Å². The molecule has 13 rings (SSSR count). The van der Waals surface area contributed by atoms with Gasteiger partial charge in [-0.05, 0) is 135 Å². The van der Waals surface area contributed by atoms with E-state index >= 15 is 0 Å². The number of nitrogens with zero attached hydrogens (tertiary/aromatic N) is 2. The summed E-state index contributed by atoms with van der Waals surface area (Å²) in [5.74, 6) is 0.759. The van der Waals surface area contributed by atoms with Gasteiger partial charge in [0.25, 0.3) is 41.1 Å². The molecule has 31 heteroatoms. The number of hydrogen-bond acceptors (Lipinski definition) is 20. The third kappa shape index (κ3) is 32.3. The molecule has 1 unspecified atom stereocenters. The average Bonchev–Trinajstić information content (AvgIpc) is 0.807. The molecule has 712 valence electrons. The Morgan fingerprint density at radius 1 is 0.384 bits per heavy atom. The van der Waals surface area contributed by atoms with Crippen molar-refractivity contribution in [3.63, 3.8) is 0 Å². The zero-order chi connectivity index (χ0) is 97.9. The van der Waals surface area contributed by atoms with Crippen molar-refractivity contribution in [3.05, 3.63) is 387 Å². The first kappa shape index (κ1) is 102. The summed E-state index contributed by atoms with van der Waals surface area (Å²) in [7, 11) is 2.92. The lowest BCUT2D eigenvalue weighted by atomic mass is 10.0. The summed E-state index contributed by atoms with van der Waals surface area (Å²) < 4.78 is 28.6. The Kier molecular flexibility index (Phi) is 39.8. The third-order valence-corrected chi connectivity index (χ3v) is 21.8. The molecular weight excluding hydrogens is 1750 g/mol. The highest BCUT2D eigenvalue weighted by Crippen LogP contribution is 2.38. The zero-order valence-corrected chi connectivity index (χ0v) is 77.0. The number of fused-ring (bicyclic) bond motifs is 3. The Morgan fingerprint density at radius 2 is 0.717 bits per heavy atom. The van der Waals surface area contributed by atoms with Gasteiger partial charge in [0.1, 0.15) is 36.3 Å². The van der Waals surface area contributed by atoms with Crippen molar-refractivity contribution in [1.29, 1.82) is 0 Å². The van der Waals surface area contributed by atoms with E-state index in [1.54, 1.807) is 57.2 Å². The van der Waals surface area contributed by atoms with Crippen LogP contribution in [0.1, 0.15) is 110 Å². The molecule has 0 saturated carbocycles. The quantitative estimate of drug-likeness (QED) is 0.00421. The van der Waals surface area contributed by atoms with Crippen molar-refractivity contribution in [2.24, 2.45) is 10.9 Å². The number of nitro benzene ring substituents is 1. The second kappa shape index (κ2) is 53.6. The summed E-state index contributed by atoms with van der Waals surface area (Å²) in [5, 5.41) is 41.2. The molecule has 0 aliphatic heterocycles. The molecule has 0 aromatic heterocycles. The number of methoxy groups -OCH3 is 1. The van der Waals surface area contributed by atoms with Crippen molar-refractivity contribution in [2.45, 2.75) is 115 Å². The summed E-state index contributed by atoms with van der Waals surface area (Å²) in [5.41, 5.74) is 16.9. The zero-order valence-electron chi connectivity index (χ0n) is 77.0. The van der Waals surface area contributed by atoms with Crippen LogP contribution in [0.4, 0.5) is 5.69 Å². The number of benzene rings is 13. The lowest BCUT2D eigenvalue weighted by Crippen LogP contribution is -2.57. The monoisotopic (exact) mass is 1860 g/mol. The SMILES string of the molecule is CC(C)=NNC(=O)[C@H](COCc1ccccc1)NC(=O)[C@H](Cc1ccccc1)NC(=O)c1ccc2ccccc2c1.CNC(=O)CCCOc1cc([N+](=O)[O-])c(C(C)NNC(=O)[C@H](COCc2ccccc2)NC(=O)[C@H](Cc2ccccc2)NC(=O)c2ccc3ccccc3c2)cc1OC.NNC(=O)[C@H](COCc1ccccc1)NC(=O)[C@H](Cc1ccccc1)NC(=O)c1ccc2ccccc2c1. The van der Waals surface area contributed by atoms with E-state index in [9.17, 15) is 58.1 Å². The van der Waals surface area contributed by atoms with Gasteiger partial charge >= 0.3 is 0 Å². The smallest absolute Gasteiger partial charge is 0.278 e. The molecule has 31 nitrogen and oxygen atoms in total. The van der Waals surface area contributed by atoms with Gasteiger partial charge in [0.2, 0.25) is 23.6 Å². The minimum atomic E-state index is -1.27. The molecule has 0 aliphatic carbocycles. The summed E-state index contributed by atoms with van der Waals surface area (Å²) in [6.45, 7) is 5.45. The van der Waals surface area contributed by atoms with Gasteiger partial charge in [-0.15, -0.1) is 0 Å². The number of hydrazine groups is 2. The summed E-state index contributed by atoms with van der Waals surface area (Å²) in [6, 6.07) is 90.7. The van der Waals surface area contributed by atoms with E-state index < -0.39 is 94.5 Å². The van der Waals surface area contributed by atoms with Crippen molar-refractivity contribution in [1.82, 2.24) is 58.9 Å². The molecule has 0 saturated heterocycles. The number of nitro groups is 1. The van der Waals surface area contributed by atoms with E-state index in [0.717, 1.165) is 65.7 Å². The van der Waals surface area contributed by atoms with Crippen LogP contribution in [-0.4, -0.2) is 147 Å². The van der Waals surface area contributed by atoms with Gasteiger partial charge in [-0.3, -0.25) is 68.9 Å². The van der Waals surface area contributed by atoms with Crippen LogP contribution in [0.2, 0.25) is 0 Å². The van der Waals surface area contributed by atoms with Crippen molar-refractivity contribution >= 4 is 103 Å². The van der Waals surface area contributed by atoms with Crippen LogP contribution in [-0.2, 0) is 86.9 Å². The van der Waals surface area contributed by atoms with Crippen LogP contribution in [0.3, 0.4) is 0 Å². The lowest BCUT2D eigenvalue weighted by Gasteiger charge is -2.24. The number of amides is 10. The molecule has 0 aliphatic rings. The van der Waals surface area contributed by atoms with Gasteiger partial charge in [-0.2, -0.15) is 5.10 Å². The Labute approximate surface area is 799 Å². The molecular formula is C107H112N14O17. The van der Waals surface area contributed by atoms with Crippen LogP contribution in [0.5, 0.6) is 11.5 Å². The van der Waals surface area contributed by atoms with Crippen LogP contribution < -0.4 is 74.2 Å². The fraction of sp³-hybridized carbons (Fsp3) is 0.224. The number of nitrogens with one attached hydrogen (secondary N) is 11. The molecule has 0 fully saturated rings. The minimum absolute atomic E-state index is 0.0819. The number of hydrazone groups is 1. The predicted octanol–water partition coefficient (Wildman–Crippen LogP) is 12.4. The molecule has 0 radical (unpaired) electrons. The maximum absolute atomic E-state index is 14.1. The largest absolute Gasteiger partial charge is 0.493 e. The summed E-state index contributed by atoms with van der Waals surface area (Å²) >= 11 is 0. The highest BCUT2D eigenvalue weighted by molar-refractivity contribution is 6.04.